The molecule has 0 atom stereocenters. The molecule has 0 bridgehead atoms. The Bertz CT molecular complexity index is 461. The highest BCUT2D eigenvalue weighted by atomic mass is 19.1. The maximum Gasteiger partial charge on any atom is 0.321 e. The van der Waals surface area contributed by atoms with E-state index in [9.17, 15) is 9.18 Å². The van der Waals surface area contributed by atoms with Crippen molar-refractivity contribution in [2.24, 2.45) is 5.92 Å². The van der Waals surface area contributed by atoms with Gasteiger partial charge in [0.15, 0.2) is 0 Å². The third-order valence-corrected chi connectivity index (χ3v) is 3.57. The number of anilines is 1. The summed E-state index contributed by atoms with van der Waals surface area (Å²) in [5.41, 5.74) is 0.226. The topological polar surface area (TPSA) is 35.6 Å². The molecule has 0 fully saturated rings. The first-order valence-corrected chi connectivity index (χ1v) is 8.00. The molecule has 0 aliphatic heterocycles. The van der Waals surface area contributed by atoms with Gasteiger partial charge in [0, 0.05) is 19.6 Å². The van der Waals surface area contributed by atoms with E-state index < -0.39 is 5.82 Å². The summed E-state index contributed by atoms with van der Waals surface area (Å²) in [4.78, 5) is 16.4. The van der Waals surface area contributed by atoms with Crippen LogP contribution in [-0.4, -0.2) is 48.6 Å². The van der Waals surface area contributed by atoms with E-state index in [1.807, 2.05) is 0 Å². The minimum atomic E-state index is -0.413. The number of amides is 2. The first kappa shape index (κ1) is 18.4. The van der Waals surface area contributed by atoms with Gasteiger partial charge >= 0.3 is 6.03 Å². The van der Waals surface area contributed by atoms with E-state index in [1.165, 1.54) is 6.07 Å². The van der Waals surface area contributed by atoms with Crippen LogP contribution in [0.25, 0.3) is 0 Å². The summed E-state index contributed by atoms with van der Waals surface area (Å²) in [5.74, 6) is -0.0489. The van der Waals surface area contributed by atoms with Crippen LogP contribution in [0.1, 0.15) is 27.7 Å². The lowest BCUT2D eigenvalue weighted by atomic mass is 10.2. The maximum absolute atomic E-state index is 13.7. The lowest BCUT2D eigenvalue weighted by Crippen LogP contribution is -2.42. The highest BCUT2D eigenvalue weighted by Gasteiger charge is 2.17. The highest BCUT2D eigenvalue weighted by Crippen LogP contribution is 2.13. The van der Waals surface area contributed by atoms with Crippen LogP contribution >= 0.6 is 0 Å². The molecule has 1 aromatic carbocycles. The van der Waals surface area contributed by atoms with Crippen molar-refractivity contribution in [3.8, 4) is 0 Å². The van der Waals surface area contributed by atoms with Gasteiger partial charge in [-0.1, -0.05) is 39.8 Å². The number of nitrogens with one attached hydrogen (secondary N) is 1. The molecule has 124 valence electrons. The molecule has 22 heavy (non-hydrogen) atoms. The number of carbonyl (C=O) groups is 1. The average molecular weight is 309 g/mol. The first-order valence-electron chi connectivity index (χ1n) is 8.00. The fourth-order valence-corrected chi connectivity index (χ4v) is 2.28. The molecule has 0 aliphatic rings. The van der Waals surface area contributed by atoms with Crippen molar-refractivity contribution in [3.05, 3.63) is 30.1 Å². The second-order valence-electron chi connectivity index (χ2n) is 5.78. The van der Waals surface area contributed by atoms with Gasteiger partial charge in [0.1, 0.15) is 5.82 Å². The van der Waals surface area contributed by atoms with Gasteiger partial charge in [0.2, 0.25) is 0 Å². The molecule has 1 aromatic rings. The van der Waals surface area contributed by atoms with Crippen LogP contribution < -0.4 is 5.32 Å². The van der Waals surface area contributed by atoms with E-state index in [0.717, 1.165) is 19.6 Å². The smallest absolute Gasteiger partial charge is 0.321 e. The summed E-state index contributed by atoms with van der Waals surface area (Å²) in [5, 5.41) is 2.67. The van der Waals surface area contributed by atoms with Crippen molar-refractivity contribution in [2.75, 3.05) is 38.0 Å². The van der Waals surface area contributed by atoms with Gasteiger partial charge in [0.25, 0.3) is 0 Å². The Balaban J connectivity index is 2.69. The van der Waals surface area contributed by atoms with Crippen molar-refractivity contribution in [1.82, 2.24) is 9.80 Å². The largest absolute Gasteiger partial charge is 0.323 e. The number of nitrogens with zero attached hydrogens (tertiary/aromatic N) is 2. The van der Waals surface area contributed by atoms with Gasteiger partial charge in [-0.05, 0) is 31.1 Å². The fourth-order valence-electron chi connectivity index (χ4n) is 2.28. The molecule has 0 unspecified atom stereocenters. The molecule has 0 saturated carbocycles. The number of para-hydroxylation sites is 1. The number of carbonyl (C=O) groups excluding carboxylic acids is 1. The third-order valence-electron chi connectivity index (χ3n) is 3.57. The first-order chi connectivity index (χ1) is 10.5. The second kappa shape index (κ2) is 9.41. The SMILES string of the molecule is CCN(CC)CCN(CC(C)C)C(=O)Nc1ccccc1F. The molecular weight excluding hydrogens is 281 g/mol. The number of benzene rings is 1. The molecule has 0 saturated heterocycles. The van der Waals surface area contributed by atoms with E-state index in [-0.39, 0.29) is 11.7 Å². The summed E-state index contributed by atoms with van der Waals surface area (Å²) in [7, 11) is 0. The number of hydrogen-bond acceptors (Lipinski definition) is 2. The monoisotopic (exact) mass is 309 g/mol. The van der Waals surface area contributed by atoms with E-state index in [1.54, 1.807) is 23.1 Å². The number of rotatable bonds is 8. The molecule has 1 N–H and O–H groups in total. The van der Waals surface area contributed by atoms with Gasteiger partial charge in [-0.3, -0.25) is 0 Å². The predicted molar refractivity (Wildman–Crippen MR) is 89.6 cm³/mol. The van der Waals surface area contributed by atoms with Crippen LogP contribution in [-0.2, 0) is 0 Å². The van der Waals surface area contributed by atoms with Gasteiger partial charge in [-0.15, -0.1) is 0 Å². The maximum atomic E-state index is 13.7. The zero-order valence-corrected chi connectivity index (χ0v) is 14.1. The normalized spacial score (nSPS) is 11.0. The third kappa shape index (κ3) is 6.02. The van der Waals surface area contributed by atoms with Crippen molar-refractivity contribution in [2.45, 2.75) is 27.7 Å². The Kier molecular flexibility index (Phi) is 7.88. The fraction of sp³-hybridized carbons (Fsp3) is 0.588. The Morgan fingerprint density at radius 1 is 1.18 bits per heavy atom. The predicted octanol–water partition coefficient (Wildman–Crippen LogP) is 3.66. The van der Waals surface area contributed by atoms with Crippen LogP contribution in [0.2, 0.25) is 0 Å². The number of hydrogen-bond donors (Lipinski definition) is 1. The molecule has 5 heteroatoms. The summed E-state index contributed by atoms with van der Waals surface area (Å²) in [6.07, 6.45) is 0. The van der Waals surface area contributed by atoms with Gasteiger partial charge < -0.3 is 15.1 Å². The Labute approximate surface area is 133 Å². The Hall–Kier alpha value is -1.62. The number of halogens is 1. The van der Waals surface area contributed by atoms with Crippen LogP contribution in [0.15, 0.2) is 24.3 Å². The molecule has 4 nitrogen and oxygen atoms in total. The molecular formula is C17H28FN3O. The van der Waals surface area contributed by atoms with Crippen LogP contribution in [0, 0.1) is 11.7 Å². The minimum Gasteiger partial charge on any atom is -0.323 e. The van der Waals surface area contributed by atoms with Crippen molar-refractivity contribution >= 4 is 11.7 Å². The van der Waals surface area contributed by atoms with Crippen LogP contribution in [0.4, 0.5) is 14.9 Å². The van der Waals surface area contributed by atoms with Gasteiger partial charge in [-0.25, -0.2) is 9.18 Å². The zero-order chi connectivity index (χ0) is 16.5. The standard InChI is InChI=1S/C17H28FN3O/c1-5-20(6-2)11-12-21(13-14(3)4)17(22)19-16-10-8-7-9-15(16)18/h7-10,14H,5-6,11-13H2,1-4H3,(H,19,22). The molecule has 1 rings (SSSR count). The van der Waals surface area contributed by atoms with E-state index in [2.05, 4.69) is 37.9 Å². The Morgan fingerprint density at radius 2 is 1.82 bits per heavy atom. The second-order valence-corrected chi connectivity index (χ2v) is 5.78. The number of urea groups is 1. The lowest BCUT2D eigenvalue weighted by Gasteiger charge is -2.28. The summed E-state index contributed by atoms with van der Waals surface area (Å²) in [6, 6.07) is 5.99. The molecule has 0 aromatic heterocycles. The Morgan fingerprint density at radius 3 is 2.36 bits per heavy atom. The lowest BCUT2D eigenvalue weighted by molar-refractivity contribution is 0.189. The minimum absolute atomic E-state index is 0.226. The van der Waals surface area contributed by atoms with Crippen LogP contribution in [0.3, 0.4) is 0 Å². The molecule has 2 amide bonds. The summed E-state index contributed by atoms with van der Waals surface area (Å²) in [6.45, 7) is 12.4. The number of likely N-dealkylation sites (N-methyl/N-ethyl adjacent to an activating group) is 1. The molecule has 0 spiro atoms. The summed E-state index contributed by atoms with van der Waals surface area (Å²) >= 11 is 0. The molecule has 0 heterocycles. The molecule has 0 aliphatic carbocycles. The summed E-state index contributed by atoms with van der Waals surface area (Å²) < 4.78 is 13.7. The zero-order valence-electron chi connectivity index (χ0n) is 14.1. The van der Waals surface area contributed by atoms with Gasteiger partial charge in [0.05, 0.1) is 5.69 Å². The molecule has 0 radical (unpaired) electrons. The highest BCUT2D eigenvalue weighted by molar-refractivity contribution is 5.89. The van der Waals surface area contributed by atoms with Crippen molar-refractivity contribution in [1.29, 1.82) is 0 Å². The quantitative estimate of drug-likeness (QED) is 0.795. The van der Waals surface area contributed by atoms with Gasteiger partial charge in [-0.2, -0.15) is 0 Å². The van der Waals surface area contributed by atoms with Crippen molar-refractivity contribution < 1.29 is 9.18 Å². The van der Waals surface area contributed by atoms with E-state index >= 15 is 0 Å². The average Bonchev–Trinajstić information content (AvgIpc) is 2.49. The van der Waals surface area contributed by atoms with E-state index in [4.69, 9.17) is 0 Å². The van der Waals surface area contributed by atoms with E-state index in [0.29, 0.717) is 19.0 Å². The van der Waals surface area contributed by atoms with Crippen LogP contribution in [0.5, 0.6) is 0 Å². The van der Waals surface area contributed by atoms with Crippen molar-refractivity contribution in [3.63, 3.8) is 0 Å².